The predicted molar refractivity (Wildman–Crippen MR) is 78.7 cm³/mol. The third kappa shape index (κ3) is 5.06. The minimum absolute atomic E-state index is 0.343. The minimum Gasteiger partial charge on any atom is -0.367 e. The molecule has 0 saturated heterocycles. The Morgan fingerprint density at radius 3 is 2.52 bits per heavy atom. The van der Waals surface area contributed by atoms with E-state index in [-0.39, 0.29) is 11.8 Å². The number of aromatic nitrogens is 2. The Labute approximate surface area is 121 Å². The maximum absolute atomic E-state index is 12.7. The Kier molecular flexibility index (Phi) is 5.03. The molecule has 110 valence electrons. The number of amides is 2. The molecule has 1 aromatic carbocycles. The van der Waals surface area contributed by atoms with Crippen LogP contribution in [0, 0.1) is 12.7 Å². The molecule has 0 saturated carbocycles. The van der Waals surface area contributed by atoms with E-state index in [4.69, 9.17) is 0 Å². The zero-order valence-electron chi connectivity index (χ0n) is 11.6. The second-order valence-corrected chi connectivity index (χ2v) is 4.37. The Bertz CT molecular complexity index is 585. The van der Waals surface area contributed by atoms with Crippen LogP contribution in [0.25, 0.3) is 0 Å². The van der Waals surface area contributed by atoms with Gasteiger partial charge in [-0.3, -0.25) is 0 Å². The molecule has 0 bridgehead atoms. The number of anilines is 2. The molecule has 0 aliphatic rings. The third-order valence-electron chi connectivity index (χ3n) is 2.62. The Hall–Kier alpha value is -2.70. The lowest BCUT2D eigenvalue weighted by Crippen LogP contribution is -2.32. The fraction of sp³-hybridized carbons (Fsp3) is 0.214. The van der Waals surface area contributed by atoms with Gasteiger partial charge in [-0.25, -0.2) is 9.18 Å². The van der Waals surface area contributed by atoms with Crippen molar-refractivity contribution in [3.8, 4) is 0 Å². The van der Waals surface area contributed by atoms with Gasteiger partial charge in [0.05, 0.1) is 5.69 Å². The average Bonchev–Trinajstić information content (AvgIpc) is 2.48. The normalized spacial score (nSPS) is 10.0. The fourth-order valence-corrected chi connectivity index (χ4v) is 1.57. The number of halogens is 1. The van der Waals surface area contributed by atoms with Gasteiger partial charge in [0.15, 0.2) is 0 Å². The summed E-state index contributed by atoms with van der Waals surface area (Å²) in [6.07, 6.45) is 0. The lowest BCUT2D eigenvalue weighted by atomic mass is 10.3. The number of aryl methyl sites for hydroxylation is 1. The average molecular weight is 289 g/mol. The highest BCUT2D eigenvalue weighted by atomic mass is 19.1. The first-order valence-corrected chi connectivity index (χ1v) is 6.48. The number of hydrogen-bond donors (Lipinski definition) is 3. The maximum atomic E-state index is 12.7. The largest absolute Gasteiger partial charge is 0.367 e. The van der Waals surface area contributed by atoms with Crippen LogP contribution >= 0.6 is 0 Å². The second-order valence-electron chi connectivity index (χ2n) is 4.37. The van der Waals surface area contributed by atoms with Gasteiger partial charge in [0.2, 0.25) is 0 Å². The summed E-state index contributed by atoms with van der Waals surface area (Å²) < 4.78 is 12.7. The van der Waals surface area contributed by atoms with E-state index in [2.05, 4.69) is 26.1 Å². The van der Waals surface area contributed by atoms with Crippen LogP contribution in [0.3, 0.4) is 0 Å². The molecule has 0 fully saturated rings. The van der Waals surface area contributed by atoms with E-state index in [0.29, 0.717) is 24.6 Å². The first kappa shape index (κ1) is 14.7. The zero-order valence-corrected chi connectivity index (χ0v) is 11.6. The van der Waals surface area contributed by atoms with Crippen molar-refractivity contribution >= 4 is 17.5 Å². The summed E-state index contributed by atoms with van der Waals surface area (Å²) in [6.45, 7) is 2.80. The van der Waals surface area contributed by atoms with E-state index < -0.39 is 0 Å². The quantitative estimate of drug-likeness (QED) is 0.737. The summed E-state index contributed by atoms with van der Waals surface area (Å²) in [4.78, 5) is 11.6. The Balaban J connectivity index is 1.67. The second kappa shape index (κ2) is 7.18. The number of carbonyl (C=O) groups excluding carboxylic acids is 1. The molecule has 21 heavy (non-hydrogen) atoms. The van der Waals surface area contributed by atoms with Crippen molar-refractivity contribution in [2.75, 3.05) is 23.7 Å². The third-order valence-corrected chi connectivity index (χ3v) is 2.62. The van der Waals surface area contributed by atoms with Crippen LogP contribution in [0.4, 0.5) is 20.7 Å². The molecule has 0 unspecified atom stereocenters. The molecule has 2 aromatic rings. The lowest BCUT2D eigenvalue weighted by molar-refractivity contribution is 0.252. The molecule has 0 atom stereocenters. The molecule has 6 nitrogen and oxygen atoms in total. The van der Waals surface area contributed by atoms with Gasteiger partial charge >= 0.3 is 6.03 Å². The number of nitrogens with one attached hydrogen (secondary N) is 3. The van der Waals surface area contributed by atoms with Crippen LogP contribution < -0.4 is 16.0 Å². The predicted octanol–water partition coefficient (Wildman–Crippen LogP) is 2.16. The molecule has 0 radical (unpaired) electrons. The molecule has 0 spiro atoms. The van der Waals surface area contributed by atoms with Crippen molar-refractivity contribution in [2.45, 2.75) is 6.92 Å². The smallest absolute Gasteiger partial charge is 0.319 e. The van der Waals surface area contributed by atoms with Gasteiger partial charge in [-0.2, -0.15) is 5.10 Å². The molecular weight excluding hydrogens is 273 g/mol. The van der Waals surface area contributed by atoms with E-state index in [1.807, 2.05) is 19.1 Å². The molecule has 2 rings (SSSR count). The summed E-state index contributed by atoms with van der Waals surface area (Å²) in [5.74, 6) is 0.311. The van der Waals surface area contributed by atoms with Gasteiger partial charge in [-0.1, -0.05) is 0 Å². The van der Waals surface area contributed by atoms with Crippen LogP contribution in [0.15, 0.2) is 36.4 Å². The molecule has 0 aliphatic heterocycles. The van der Waals surface area contributed by atoms with Crippen LogP contribution in [0.1, 0.15) is 5.69 Å². The van der Waals surface area contributed by atoms with Crippen molar-refractivity contribution in [3.05, 3.63) is 47.9 Å². The standard InChI is InChI=1S/C14H16FN5O/c1-10-2-7-13(20-19-10)16-8-9-17-14(21)18-12-5-3-11(15)4-6-12/h2-7H,8-9H2,1H3,(H,16,20)(H2,17,18,21). The number of carbonyl (C=O) groups is 1. The topological polar surface area (TPSA) is 78.9 Å². The van der Waals surface area contributed by atoms with Gasteiger partial charge in [-0.15, -0.1) is 5.10 Å². The van der Waals surface area contributed by atoms with Crippen molar-refractivity contribution < 1.29 is 9.18 Å². The number of benzene rings is 1. The van der Waals surface area contributed by atoms with E-state index in [1.54, 1.807) is 0 Å². The monoisotopic (exact) mass is 289 g/mol. The highest BCUT2D eigenvalue weighted by molar-refractivity contribution is 5.89. The molecule has 1 aromatic heterocycles. The van der Waals surface area contributed by atoms with Crippen molar-refractivity contribution in [1.29, 1.82) is 0 Å². The molecular formula is C14H16FN5O. The minimum atomic E-state index is -0.349. The van der Waals surface area contributed by atoms with E-state index in [1.165, 1.54) is 24.3 Å². The number of nitrogens with zero attached hydrogens (tertiary/aromatic N) is 2. The number of urea groups is 1. The molecule has 3 N–H and O–H groups in total. The number of rotatable bonds is 5. The van der Waals surface area contributed by atoms with Crippen LogP contribution in [-0.4, -0.2) is 29.3 Å². The van der Waals surface area contributed by atoms with Crippen LogP contribution in [-0.2, 0) is 0 Å². The summed E-state index contributed by atoms with van der Waals surface area (Å²) >= 11 is 0. The van der Waals surface area contributed by atoms with Crippen molar-refractivity contribution in [3.63, 3.8) is 0 Å². The van der Waals surface area contributed by atoms with E-state index in [0.717, 1.165) is 5.69 Å². The highest BCUT2D eigenvalue weighted by Gasteiger charge is 2.01. The van der Waals surface area contributed by atoms with Crippen molar-refractivity contribution in [1.82, 2.24) is 15.5 Å². The van der Waals surface area contributed by atoms with Gasteiger partial charge < -0.3 is 16.0 Å². The SMILES string of the molecule is Cc1ccc(NCCNC(=O)Nc2ccc(F)cc2)nn1. The Morgan fingerprint density at radius 1 is 1.10 bits per heavy atom. The molecule has 2 amide bonds. The molecule has 7 heteroatoms. The zero-order chi connectivity index (χ0) is 15.1. The highest BCUT2D eigenvalue weighted by Crippen LogP contribution is 2.07. The fourth-order valence-electron chi connectivity index (χ4n) is 1.57. The van der Waals surface area contributed by atoms with Gasteiger partial charge in [0, 0.05) is 18.8 Å². The first-order valence-electron chi connectivity index (χ1n) is 6.48. The van der Waals surface area contributed by atoms with Crippen molar-refractivity contribution in [2.24, 2.45) is 0 Å². The summed E-state index contributed by atoms with van der Waals surface area (Å²) in [5, 5.41) is 16.2. The Morgan fingerprint density at radius 2 is 1.86 bits per heavy atom. The first-order chi connectivity index (χ1) is 10.1. The van der Waals surface area contributed by atoms with Crippen LogP contribution in [0.2, 0.25) is 0 Å². The van der Waals surface area contributed by atoms with Gasteiger partial charge in [-0.05, 0) is 43.3 Å². The molecule has 1 heterocycles. The summed E-state index contributed by atoms with van der Waals surface area (Å²) in [6, 6.07) is 8.88. The maximum Gasteiger partial charge on any atom is 0.319 e. The van der Waals surface area contributed by atoms with E-state index >= 15 is 0 Å². The van der Waals surface area contributed by atoms with Crippen LogP contribution in [0.5, 0.6) is 0 Å². The summed E-state index contributed by atoms with van der Waals surface area (Å²) in [5.41, 5.74) is 1.38. The summed E-state index contributed by atoms with van der Waals surface area (Å²) in [7, 11) is 0. The van der Waals surface area contributed by atoms with E-state index in [9.17, 15) is 9.18 Å². The number of hydrogen-bond acceptors (Lipinski definition) is 4. The van der Waals surface area contributed by atoms with Gasteiger partial charge in [0.25, 0.3) is 0 Å². The lowest BCUT2D eigenvalue weighted by Gasteiger charge is -2.08. The molecule has 0 aliphatic carbocycles. The van der Waals surface area contributed by atoms with Gasteiger partial charge in [0.1, 0.15) is 11.6 Å².